The number of H-pyrrole nitrogens is 1. The van der Waals surface area contributed by atoms with Crippen molar-refractivity contribution in [2.24, 2.45) is 0 Å². The summed E-state index contributed by atoms with van der Waals surface area (Å²) in [7, 11) is 0. The number of aliphatic carboxylic acids is 1. The first-order valence-corrected chi connectivity index (χ1v) is 7.00. The van der Waals surface area contributed by atoms with Crippen molar-refractivity contribution in [2.75, 3.05) is 0 Å². The Morgan fingerprint density at radius 3 is 2.41 bits per heavy atom. The molecule has 0 fully saturated rings. The highest BCUT2D eigenvalue weighted by molar-refractivity contribution is 5.97. The van der Waals surface area contributed by atoms with Crippen molar-refractivity contribution in [2.45, 2.75) is 32.7 Å². The number of aryl methyl sites for hydroxylation is 1. The SMILES string of the molecule is CC(=O)N(C(C)=O)[C@@H](CCc1c[nH]c2ccccc12)C(=O)O. The van der Waals surface area contributed by atoms with Crippen LogP contribution in [-0.2, 0) is 20.8 Å². The van der Waals surface area contributed by atoms with Crippen molar-refractivity contribution in [3.05, 3.63) is 36.0 Å². The maximum Gasteiger partial charge on any atom is 0.326 e. The van der Waals surface area contributed by atoms with Crippen LogP contribution in [0.5, 0.6) is 0 Å². The molecule has 1 aromatic heterocycles. The lowest BCUT2D eigenvalue weighted by molar-refractivity contribution is -0.156. The zero-order valence-electron chi connectivity index (χ0n) is 12.5. The number of carboxylic acids is 1. The number of fused-ring (bicyclic) bond motifs is 1. The van der Waals surface area contributed by atoms with Gasteiger partial charge in [-0.15, -0.1) is 0 Å². The van der Waals surface area contributed by atoms with Crippen molar-refractivity contribution < 1.29 is 19.5 Å². The number of benzene rings is 1. The summed E-state index contributed by atoms with van der Waals surface area (Å²) in [5.41, 5.74) is 1.94. The number of rotatable bonds is 5. The lowest BCUT2D eigenvalue weighted by atomic mass is 10.0. The van der Waals surface area contributed by atoms with Gasteiger partial charge in [-0.25, -0.2) is 4.79 Å². The van der Waals surface area contributed by atoms with Gasteiger partial charge in [0.05, 0.1) is 0 Å². The lowest BCUT2D eigenvalue weighted by Crippen LogP contribution is -2.47. The summed E-state index contributed by atoms with van der Waals surface area (Å²) in [5, 5.41) is 10.3. The highest BCUT2D eigenvalue weighted by Gasteiger charge is 2.30. The van der Waals surface area contributed by atoms with Gasteiger partial charge in [0.2, 0.25) is 11.8 Å². The van der Waals surface area contributed by atoms with Crippen molar-refractivity contribution >= 4 is 28.7 Å². The number of amides is 2. The molecule has 2 rings (SSSR count). The Morgan fingerprint density at radius 1 is 1.18 bits per heavy atom. The number of nitrogens with one attached hydrogen (secondary N) is 1. The Morgan fingerprint density at radius 2 is 1.82 bits per heavy atom. The van der Waals surface area contributed by atoms with Gasteiger partial charge < -0.3 is 10.1 Å². The number of aromatic amines is 1. The largest absolute Gasteiger partial charge is 0.480 e. The summed E-state index contributed by atoms with van der Waals surface area (Å²) in [6.07, 6.45) is 2.46. The summed E-state index contributed by atoms with van der Waals surface area (Å²) in [5.74, 6) is -2.29. The minimum Gasteiger partial charge on any atom is -0.480 e. The second kappa shape index (κ2) is 6.43. The first kappa shape index (κ1) is 15.8. The van der Waals surface area contributed by atoms with Gasteiger partial charge in [-0.2, -0.15) is 0 Å². The van der Waals surface area contributed by atoms with Crippen LogP contribution in [0.2, 0.25) is 0 Å². The zero-order chi connectivity index (χ0) is 16.3. The minimum atomic E-state index is -1.18. The Hall–Kier alpha value is -2.63. The third-order valence-corrected chi connectivity index (χ3v) is 3.64. The first-order chi connectivity index (χ1) is 10.4. The van der Waals surface area contributed by atoms with Crippen LogP contribution in [0, 0.1) is 0 Å². The summed E-state index contributed by atoms with van der Waals surface area (Å²) in [6, 6.07) is 6.56. The Balaban J connectivity index is 2.20. The van der Waals surface area contributed by atoms with Gasteiger partial charge in [0.1, 0.15) is 6.04 Å². The van der Waals surface area contributed by atoms with Crippen LogP contribution in [0.25, 0.3) is 10.9 Å². The van der Waals surface area contributed by atoms with Crippen LogP contribution in [-0.4, -0.2) is 38.8 Å². The van der Waals surface area contributed by atoms with E-state index in [1.807, 2.05) is 30.5 Å². The first-order valence-electron chi connectivity index (χ1n) is 7.00. The molecule has 0 radical (unpaired) electrons. The smallest absolute Gasteiger partial charge is 0.326 e. The molecule has 2 N–H and O–H groups in total. The minimum absolute atomic E-state index is 0.177. The van der Waals surface area contributed by atoms with Crippen molar-refractivity contribution in [1.29, 1.82) is 0 Å². The van der Waals surface area contributed by atoms with Crippen LogP contribution in [0.15, 0.2) is 30.5 Å². The second-order valence-electron chi connectivity index (χ2n) is 5.16. The Kier molecular flexibility index (Phi) is 4.60. The van der Waals surface area contributed by atoms with Crippen molar-refractivity contribution in [1.82, 2.24) is 9.88 Å². The van der Waals surface area contributed by atoms with E-state index in [1.165, 1.54) is 13.8 Å². The fourth-order valence-electron chi connectivity index (χ4n) is 2.65. The van der Waals surface area contributed by atoms with E-state index in [0.29, 0.717) is 6.42 Å². The third kappa shape index (κ3) is 3.16. The highest BCUT2D eigenvalue weighted by atomic mass is 16.4. The lowest BCUT2D eigenvalue weighted by Gasteiger charge is -2.24. The van der Waals surface area contributed by atoms with E-state index in [2.05, 4.69) is 4.98 Å². The monoisotopic (exact) mass is 302 g/mol. The van der Waals surface area contributed by atoms with Crippen LogP contribution in [0.3, 0.4) is 0 Å². The molecule has 0 spiro atoms. The number of carbonyl (C=O) groups is 3. The number of carbonyl (C=O) groups excluding carboxylic acids is 2. The van der Waals surface area contributed by atoms with Crippen molar-refractivity contribution in [3.8, 4) is 0 Å². The van der Waals surface area contributed by atoms with E-state index in [0.717, 1.165) is 21.4 Å². The van der Waals surface area contributed by atoms with Crippen LogP contribution < -0.4 is 0 Å². The highest BCUT2D eigenvalue weighted by Crippen LogP contribution is 2.20. The van der Waals surface area contributed by atoms with E-state index >= 15 is 0 Å². The number of hydrogen-bond donors (Lipinski definition) is 2. The average Bonchev–Trinajstić information content (AvgIpc) is 2.85. The van der Waals surface area contributed by atoms with Crippen LogP contribution >= 0.6 is 0 Å². The van der Waals surface area contributed by atoms with E-state index in [1.54, 1.807) is 0 Å². The van der Waals surface area contributed by atoms with E-state index < -0.39 is 23.8 Å². The summed E-state index contributed by atoms with van der Waals surface area (Å²) in [6.45, 7) is 2.39. The molecule has 6 heteroatoms. The van der Waals surface area contributed by atoms with Crippen molar-refractivity contribution in [3.63, 3.8) is 0 Å². The number of carboxylic acid groups (broad SMARTS) is 1. The van der Waals surface area contributed by atoms with E-state index in [9.17, 15) is 19.5 Å². The van der Waals surface area contributed by atoms with Gasteiger partial charge in [-0.3, -0.25) is 14.5 Å². The number of para-hydroxylation sites is 1. The standard InChI is InChI=1S/C16H18N2O4/c1-10(19)18(11(2)20)15(16(21)22)8-7-12-9-17-14-6-4-3-5-13(12)14/h3-6,9,15,17H,7-8H2,1-2H3,(H,21,22)/t15-/m0/s1. The summed E-state index contributed by atoms with van der Waals surface area (Å²) >= 11 is 0. The number of aromatic nitrogens is 1. The normalized spacial score (nSPS) is 12.1. The molecule has 0 aliphatic rings. The van der Waals surface area contributed by atoms with E-state index in [-0.39, 0.29) is 6.42 Å². The Bertz CT molecular complexity index is 706. The number of imide groups is 1. The molecular formula is C16H18N2O4. The Labute approximate surface area is 127 Å². The molecule has 2 amide bonds. The molecule has 6 nitrogen and oxygen atoms in total. The fourth-order valence-corrected chi connectivity index (χ4v) is 2.65. The average molecular weight is 302 g/mol. The predicted octanol–water partition coefficient (Wildman–Crippen LogP) is 1.95. The molecule has 0 aliphatic carbocycles. The molecule has 0 saturated heterocycles. The second-order valence-corrected chi connectivity index (χ2v) is 5.16. The molecule has 116 valence electrons. The van der Waals surface area contributed by atoms with Gasteiger partial charge in [0.15, 0.2) is 0 Å². The molecule has 0 bridgehead atoms. The van der Waals surface area contributed by atoms with E-state index in [4.69, 9.17) is 0 Å². The maximum absolute atomic E-state index is 11.5. The summed E-state index contributed by atoms with van der Waals surface area (Å²) < 4.78 is 0. The molecule has 1 heterocycles. The van der Waals surface area contributed by atoms with Crippen LogP contribution in [0.1, 0.15) is 25.8 Å². The molecular weight excluding hydrogens is 284 g/mol. The van der Waals surface area contributed by atoms with Gasteiger partial charge in [0, 0.05) is 30.9 Å². The summed E-state index contributed by atoms with van der Waals surface area (Å²) in [4.78, 5) is 38.4. The molecule has 0 aliphatic heterocycles. The predicted molar refractivity (Wildman–Crippen MR) is 81.2 cm³/mol. The van der Waals surface area contributed by atoms with Gasteiger partial charge in [0.25, 0.3) is 0 Å². The van der Waals surface area contributed by atoms with Gasteiger partial charge >= 0.3 is 5.97 Å². The van der Waals surface area contributed by atoms with Gasteiger partial charge in [-0.1, -0.05) is 18.2 Å². The molecule has 22 heavy (non-hydrogen) atoms. The quantitative estimate of drug-likeness (QED) is 0.883. The molecule has 1 aromatic carbocycles. The van der Waals surface area contributed by atoms with Crippen LogP contribution in [0.4, 0.5) is 0 Å². The molecule has 0 unspecified atom stereocenters. The molecule has 1 atom stereocenters. The van der Waals surface area contributed by atoms with Gasteiger partial charge in [-0.05, 0) is 24.5 Å². The third-order valence-electron chi connectivity index (χ3n) is 3.64. The number of hydrogen-bond acceptors (Lipinski definition) is 3. The fraction of sp³-hybridized carbons (Fsp3) is 0.312. The molecule has 0 saturated carbocycles. The maximum atomic E-state index is 11.5. The topological polar surface area (TPSA) is 90.5 Å². The number of nitrogens with zero attached hydrogens (tertiary/aromatic N) is 1. The zero-order valence-corrected chi connectivity index (χ0v) is 12.5. The molecule has 2 aromatic rings.